The van der Waals surface area contributed by atoms with Crippen LogP contribution in [-0.2, 0) is 0 Å². The largest absolute Gasteiger partial charge is 0.497 e. The third kappa shape index (κ3) is 3.59. The van der Waals surface area contributed by atoms with E-state index in [2.05, 4.69) is 95.4 Å². The highest BCUT2D eigenvalue weighted by molar-refractivity contribution is 14.1. The molecule has 1 aliphatic rings. The van der Waals surface area contributed by atoms with E-state index in [1.54, 1.807) is 7.11 Å². The third-order valence-corrected chi connectivity index (χ3v) is 7.02. The van der Waals surface area contributed by atoms with Crippen LogP contribution >= 0.6 is 22.6 Å². The quantitative estimate of drug-likeness (QED) is 0.166. The fraction of sp³-hybridized carbons (Fsp3) is 0.0667. The number of hydrogen-bond donors (Lipinski definition) is 0. The summed E-state index contributed by atoms with van der Waals surface area (Å²) in [6.45, 7) is 0.163. The van der Waals surface area contributed by atoms with Crippen LogP contribution in [0.15, 0.2) is 84.9 Å². The zero-order valence-corrected chi connectivity index (χ0v) is 20.7. The highest BCUT2D eigenvalue weighted by Gasteiger charge is 2.25. The van der Waals surface area contributed by atoms with Crippen LogP contribution in [0.1, 0.15) is 11.1 Å². The molecule has 166 valence electrons. The molecule has 0 radical (unpaired) electrons. The van der Waals surface area contributed by atoms with E-state index < -0.39 is 0 Å². The van der Waals surface area contributed by atoms with Gasteiger partial charge in [-0.2, -0.15) is 0 Å². The smallest absolute Gasteiger partial charge is 0.231 e. The Balaban J connectivity index is 1.64. The third-order valence-electron chi connectivity index (χ3n) is 6.21. The second-order valence-electron chi connectivity index (χ2n) is 8.19. The molecule has 4 heteroatoms. The van der Waals surface area contributed by atoms with E-state index in [0.29, 0.717) is 0 Å². The molecule has 0 amide bonds. The first-order valence-electron chi connectivity index (χ1n) is 11.1. The Hall–Kier alpha value is -3.51. The summed E-state index contributed by atoms with van der Waals surface area (Å²) >= 11 is 2.37. The van der Waals surface area contributed by atoms with Gasteiger partial charge in [0.1, 0.15) is 17.2 Å². The number of methoxy groups -OCH3 is 1. The van der Waals surface area contributed by atoms with Crippen molar-refractivity contribution in [2.24, 2.45) is 0 Å². The molecule has 5 aromatic carbocycles. The van der Waals surface area contributed by atoms with Crippen molar-refractivity contribution < 1.29 is 14.2 Å². The van der Waals surface area contributed by atoms with Crippen LogP contribution in [0.3, 0.4) is 0 Å². The molecule has 0 aromatic heterocycles. The number of ether oxygens (including phenoxy) is 3. The number of fused-ring (bicyclic) bond motifs is 7. The minimum Gasteiger partial charge on any atom is -0.497 e. The molecule has 0 bridgehead atoms. The summed E-state index contributed by atoms with van der Waals surface area (Å²) < 4.78 is 18.9. The zero-order chi connectivity index (χ0) is 23.1. The topological polar surface area (TPSA) is 27.7 Å². The highest BCUT2D eigenvalue weighted by Crippen LogP contribution is 2.50. The molecule has 1 aliphatic heterocycles. The van der Waals surface area contributed by atoms with Gasteiger partial charge in [0.2, 0.25) is 6.79 Å². The Labute approximate surface area is 211 Å². The van der Waals surface area contributed by atoms with Crippen LogP contribution in [-0.4, -0.2) is 13.9 Å². The van der Waals surface area contributed by atoms with Crippen molar-refractivity contribution in [2.75, 3.05) is 13.9 Å². The van der Waals surface area contributed by atoms with Gasteiger partial charge in [0, 0.05) is 16.7 Å². The Morgan fingerprint density at radius 3 is 2.06 bits per heavy atom. The van der Waals surface area contributed by atoms with E-state index in [1.807, 2.05) is 24.3 Å². The normalized spacial score (nSPS) is 12.6. The van der Waals surface area contributed by atoms with Gasteiger partial charge in [-0.05, 0) is 74.0 Å². The summed E-state index contributed by atoms with van der Waals surface area (Å²) in [6.07, 6.45) is 4.22. The van der Waals surface area contributed by atoms with E-state index in [9.17, 15) is 0 Å². The molecule has 0 atom stereocenters. The SMILES string of the molecule is COc1ccc(/C=C/c2cc3ccccc3c3c2OCOc2c(I)cc4ccccc4c2-3)cc1. The second-order valence-corrected chi connectivity index (χ2v) is 9.35. The van der Waals surface area contributed by atoms with Crippen molar-refractivity contribution in [3.8, 4) is 28.4 Å². The minimum atomic E-state index is 0.163. The summed E-state index contributed by atoms with van der Waals surface area (Å²) in [4.78, 5) is 0. The van der Waals surface area contributed by atoms with E-state index >= 15 is 0 Å². The zero-order valence-electron chi connectivity index (χ0n) is 18.5. The lowest BCUT2D eigenvalue weighted by Gasteiger charge is -2.16. The molecule has 0 saturated carbocycles. The Morgan fingerprint density at radius 2 is 1.35 bits per heavy atom. The number of halogens is 1. The Morgan fingerprint density at radius 1 is 0.735 bits per heavy atom. The van der Waals surface area contributed by atoms with Crippen molar-refractivity contribution in [1.29, 1.82) is 0 Å². The molecule has 0 fully saturated rings. The van der Waals surface area contributed by atoms with Crippen molar-refractivity contribution in [3.63, 3.8) is 0 Å². The van der Waals surface area contributed by atoms with Crippen LogP contribution < -0.4 is 14.2 Å². The van der Waals surface area contributed by atoms with Gasteiger partial charge < -0.3 is 14.2 Å². The lowest BCUT2D eigenvalue weighted by Crippen LogP contribution is -2.05. The van der Waals surface area contributed by atoms with E-state index in [0.717, 1.165) is 59.2 Å². The summed E-state index contributed by atoms with van der Waals surface area (Å²) in [5.41, 5.74) is 4.28. The van der Waals surface area contributed by atoms with Gasteiger partial charge in [0.25, 0.3) is 0 Å². The number of rotatable bonds is 3. The molecule has 5 aromatic rings. The predicted octanol–water partition coefficient (Wildman–Crippen LogP) is 8.17. The summed E-state index contributed by atoms with van der Waals surface area (Å²) in [5.74, 6) is 2.56. The molecule has 1 heterocycles. The summed E-state index contributed by atoms with van der Waals surface area (Å²) in [6, 6.07) is 29.3. The van der Waals surface area contributed by atoms with Gasteiger partial charge in [-0.1, -0.05) is 72.8 Å². The maximum Gasteiger partial charge on any atom is 0.231 e. The van der Waals surface area contributed by atoms with Crippen LogP contribution in [0, 0.1) is 3.57 Å². The van der Waals surface area contributed by atoms with Gasteiger partial charge in [-0.25, -0.2) is 0 Å². The number of benzene rings is 5. The monoisotopic (exact) mass is 556 g/mol. The van der Waals surface area contributed by atoms with E-state index in [-0.39, 0.29) is 6.79 Å². The molecule has 0 saturated heterocycles. The van der Waals surface area contributed by atoms with Gasteiger partial charge >= 0.3 is 0 Å². The van der Waals surface area contributed by atoms with Crippen LogP contribution in [0.25, 0.3) is 44.8 Å². The molecule has 3 nitrogen and oxygen atoms in total. The lowest BCUT2D eigenvalue weighted by molar-refractivity contribution is 0.124. The van der Waals surface area contributed by atoms with Gasteiger partial charge in [-0.15, -0.1) is 0 Å². The fourth-order valence-electron chi connectivity index (χ4n) is 4.61. The highest BCUT2D eigenvalue weighted by atomic mass is 127. The molecule has 0 aliphatic carbocycles. The summed E-state index contributed by atoms with van der Waals surface area (Å²) in [7, 11) is 1.68. The molecular formula is C30H21IO3. The average molecular weight is 556 g/mol. The fourth-order valence-corrected chi connectivity index (χ4v) is 5.37. The summed E-state index contributed by atoms with van der Waals surface area (Å²) in [5, 5.41) is 4.66. The van der Waals surface area contributed by atoms with Gasteiger partial charge in [0.15, 0.2) is 0 Å². The first kappa shape index (κ1) is 21.1. The number of hydrogen-bond acceptors (Lipinski definition) is 3. The maximum atomic E-state index is 6.30. The van der Waals surface area contributed by atoms with Crippen molar-refractivity contribution in [2.45, 2.75) is 0 Å². The molecule has 0 spiro atoms. The average Bonchev–Trinajstić information content (AvgIpc) is 3.09. The lowest BCUT2D eigenvalue weighted by atomic mass is 9.90. The van der Waals surface area contributed by atoms with E-state index in [4.69, 9.17) is 14.2 Å². The second kappa shape index (κ2) is 8.69. The molecule has 6 rings (SSSR count). The standard InChI is InChI=1S/C30H21IO3/c1-32-23-14-11-19(12-15-23)10-13-22-16-20-6-2-4-8-24(20)27-28-25-9-5-3-7-21(25)17-26(31)30(28)34-18-33-29(22)27/h2-17H,18H2,1H3/b13-10+. The Bertz CT molecular complexity index is 1570. The minimum absolute atomic E-state index is 0.163. The molecule has 0 N–H and O–H groups in total. The maximum absolute atomic E-state index is 6.30. The predicted molar refractivity (Wildman–Crippen MR) is 148 cm³/mol. The first-order chi connectivity index (χ1) is 16.7. The van der Waals surface area contributed by atoms with E-state index in [1.165, 1.54) is 5.39 Å². The van der Waals surface area contributed by atoms with Crippen molar-refractivity contribution >= 4 is 56.3 Å². The van der Waals surface area contributed by atoms with Crippen LogP contribution in [0.2, 0.25) is 0 Å². The van der Waals surface area contributed by atoms with Crippen LogP contribution in [0.4, 0.5) is 0 Å². The molecule has 0 unspecified atom stereocenters. The van der Waals surface area contributed by atoms with Gasteiger partial charge in [0.05, 0.1) is 10.7 Å². The van der Waals surface area contributed by atoms with Crippen molar-refractivity contribution in [1.82, 2.24) is 0 Å². The first-order valence-corrected chi connectivity index (χ1v) is 12.2. The Kier molecular flexibility index (Phi) is 5.38. The van der Waals surface area contributed by atoms with Gasteiger partial charge in [-0.3, -0.25) is 0 Å². The molecule has 34 heavy (non-hydrogen) atoms. The van der Waals surface area contributed by atoms with Crippen molar-refractivity contribution in [3.05, 3.63) is 99.6 Å². The van der Waals surface area contributed by atoms with Crippen LogP contribution in [0.5, 0.6) is 17.2 Å². The molecular weight excluding hydrogens is 535 g/mol.